The minimum absolute atomic E-state index is 0.137. The molecule has 1 fully saturated rings. The number of rotatable bonds is 3. The molecule has 1 amide bonds. The molecule has 124 valence electrons. The Kier molecular flexibility index (Phi) is 3.63. The van der Waals surface area contributed by atoms with Crippen molar-refractivity contribution in [1.29, 1.82) is 0 Å². The molecule has 0 aliphatic carbocycles. The number of nitrogens with zero attached hydrogens (tertiary/aromatic N) is 4. The van der Waals surface area contributed by atoms with E-state index in [1.807, 2.05) is 64.9 Å². The summed E-state index contributed by atoms with van der Waals surface area (Å²) in [6, 6.07) is 8.31. The van der Waals surface area contributed by atoms with Crippen molar-refractivity contribution < 1.29 is 4.79 Å². The van der Waals surface area contributed by atoms with Crippen molar-refractivity contribution in [3.63, 3.8) is 0 Å². The fourth-order valence-corrected chi connectivity index (χ4v) is 3.74. The molecule has 1 aliphatic rings. The fourth-order valence-electron chi connectivity index (χ4n) is 3.74. The van der Waals surface area contributed by atoms with Gasteiger partial charge in [0.2, 0.25) is 0 Å². The van der Waals surface area contributed by atoms with Crippen LogP contribution in [0.1, 0.15) is 28.8 Å². The molecule has 3 aromatic rings. The smallest absolute Gasteiger partial charge is 0.256 e. The third-order valence-corrected chi connectivity index (χ3v) is 4.93. The minimum Gasteiger partial charge on any atom is -0.350 e. The van der Waals surface area contributed by atoms with Crippen LogP contribution in [0.2, 0.25) is 0 Å². The van der Waals surface area contributed by atoms with E-state index in [0.717, 1.165) is 48.0 Å². The van der Waals surface area contributed by atoms with Crippen LogP contribution in [0.3, 0.4) is 0 Å². The van der Waals surface area contributed by atoms with Gasteiger partial charge >= 0.3 is 0 Å². The molecule has 5 heteroatoms. The number of hydrogen-bond donors (Lipinski definition) is 0. The van der Waals surface area contributed by atoms with E-state index in [9.17, 15) is 4.79 Å². The molecule has 0 radical (unpaired) electrons. The van der Waals surface area contributed by atoms with Gasteiger partial charge in [-0.05, 0) is 31.4 Å². The van der Waals surface area contributed by atoms with Gasteiger partial charge in [0.1, 0.15) is 0 Å². The van der Waals surface area contributed by atoms with Gasteiger partial charge in [0, 0.05) is 36.9 Å². The predicted molar refractivity (Wildman–Crippen MR) is 93.9 cm³/mol. The molecular formula is C19H22N4O. The van der Waals surface area contributed by atoms with Gasteiger partial charge in [-0.1, -0.05) is 18.2 Å². The highest BCUT2D eigenvalue weighted by molar-refractivity contribution is 6.07. The second kappa shape index (κ2) is 5.82. The second-order valence-electron chi connectivity index (χ2n) is 6.71. The van der Waals surface area contributed by atoms with Gasteiger partial charge in [-0.25, -0.2) is 0 Å². The van der Waals surface area contributed by atoms with Gasteiger partial charge in [-0.3, -0.25) is 9.48 Å². The van der Waals surface area contributed by atoms with E-state index >= 15 is 0 Å². The van der Waals surface area contributed by atoms with E-state index in [1.165, 1.54) is 0 Å². The highest BCUT2D eigenvalue weighted by atomic mass is 16.2. The van der Waals surface area contributed by atoms with Crippen LogP contribution in [-0.4, -0.2) is 37.7 Å². The Labute approximate surface area is 141 Å². The monoisotopic (exact) mass is 322 g/mol. The first kappa shape index (κ1) is 15.0. The lowest BCUT2D eigenvalue weighted by Gasteiger charge is -2.24. The Morgan fingerprint density at radius 3 is 2.92 bits per heavy atom. The van der Waals surface area contributed by atoms with E-state index < -0.39 is 0 Å². The molecule has 0 saturated carbocycles. The lowest BCUT2D eigenvalue weighted by molar-refractivity contribution is 0.0723. The van der Waals surface area contributed by atoms with E-state index in [4.69, 9.17) is 0 Å². The first-order chi connectivity index (χ1) is 11.6. The molecule has 5 nitrogen and oxygen atoms in total. The van der Waals surface area contributed by atoms with E-state index in [-0.39, 0.29) is 11.9 Å². The third-order valence-electron chi connectivity index (χ3n) is 4.93. The summed E-state index contributed by atoms with van der Waals surface area (Å²) in [4.78, 5) is 15.2. The van der Waals surface area contributed by atoms with Crippen LogP contribution >= 0.6 is 0 Å². The SMILES string of the molecule is Cc1cnn(C[C@@H]2CCCN2C(=O)c2cn(C)c3ccccc23)c1. The quantitative estimate of drug-likeness (QED) is 0.744. The predicted octanol–water partition coefficient (Wildman–Crippen LogP) is 2.99. The van der Waals surface area contributed by atoms with Crippen molar-refractivity contribution >= 4 is 16.8 Å². The highest BCUT2D eigenvalue weighted by Crippen LogP contribution is 2.26. The molecule has 1 atom stereocenters. The number of amides is 1. The molecule has 1 saturated heterocycles. The summed E-state index contributed by atoms with van der Waals surface area (Å²) in [6.07, 6.45) is 7.96. The first-order valence-corrected chi connectivity index (χ1v) is 8.47. The summed E-state index contributed by atoms with van der Waals surface area (Å²) in [6.45, 7) is 3.63. The summed E-state index contributed by atoms with van der Waals surface area (Å²) >= 11 is 0. The molecule has 24 heavy (non-hydrogen) atoms. The lowest BCUT2D eigenvalue weighted by Crippen LogP contribution is -2.38. The van der Waals surface area contributed by atoms with Gasteiger partial charge in [0.15, 0.2) is 0 Å². The van der Waals surface area contributed by atoms with E-state index in [2.05, 4.69) is 11.2 Å². The number of benzene rings is 1. The number of carbonyl (C=O) groups is 1. The zero-order valence-electron chi connectivity index (χ0n) is 14.1. The van der Waals surface area contributed by atoms with Gasteiger partial charge < -0.3 is 9.47 Å². The maximum atomic E-state index is 13.2. The zero-order valence-corrected chi connectivity index (χ0v) is 14.1. The van der Waals surface area contributed by atoms with Crippen LogP contribution < -0.4 is 0 Å². The van der Waals surface area contributed by atoms with Crippen LogP contribution in [0.5, 0.6) is 0 Å². The Morgan fingerprint density at radius 2 is 2.12 bits per heavy atom. The van der Waals surface area contributed by atoms with E-state index in [0.29, 0.717) is 0 Å². The van der Waals surface area contributed by atoms with Crippen molar-refractivity contribution in [2.75, 3.05) is 6.54 Å². The lowest BCUT2D eigenvalue weighted by atomic mass is 10.1. The molecule has 0 N–H and O–H groups in total. The van der Waals surface area contributed by atoms with Gasteiger partial charge in [0.25, 0.3) is 5.91 Å². The average Bonchev–Trinajstić information content (AvgIpc) is 3.28. The number of aromatic nitrogens is 3. The number of carbonyl (C=O) groups excluding carboxylic acids is 1. The minimum atomic E-state index is 0.137. The average molecular weight is 322 g/mol. The Balaban J connectivity index is 1.62. The van der Waals surface area contributed by atoms with Crippen molar-refractivity contribution in [2.45, 2.75) is 32.4 Å². The van der Waals surface area contributed by atoms with Crippen molar-refractivity contribution in [3.05, 3.63) is 54.0 Å². The van der Waals surface area contributed by atoms with Crippen molar-refractivity contribution in [3.8, 4) is 0 Å². The number of likely N-dealkylation sites (tertiary alicyclic amines) is 1. The topological polar surface area (TPSA) is 43.1 Å². The molecule has 0 bridgehead atoms. The third kappa shape index (κ3) is 2.50. The molecule has 1 aliphatic heterocycles. The molecule has 3 heterocycles. The highest BCUT2D eigenvalue weighted by Gasteiger charge is 2.31. The van der Waals surface area contributed by atoms with Crippen LogP contribution in [0.25, 0.3) is 10.9 Å². The summed E-state index contributed by atoms with van der Waals surface area (Å²) in [7, 11) is 1.99. The first-order valence-electron chi connectivity index (χ1n) is 8.47. The zero-order chi connectivity index (χ0) is 16.7. The largest absolute Gasteiger partial charge is 0.350 e. The van der Waals surface area contributed by atoms with Crippen LogP contribution in [-0.2, 0) is 13.6 Å². The summed E-state index contributed by atoms with van der Waals surface area (Å²) in [5, 5.41) is 5.41. The summed E-state index contributed by atoms with van der Waals surface area (Å²) in [5.41, 5.74) is 3.05. The van der Waals surface area contributed by atoms with Crippen molar-refractivity contribution in [1.82, 2.24) is 19.2 Å². The number of para-hydroxylation sites is 1. The van der Waals surface area contributed by atoms with Crippen molar-refractivity contribution in [2.24, 2.45) is 7.05 Å². The van der Waals surface area contributed by atoms with E-state index in [1.54, 1.807) is 0 Å². The standard InChI is InChI=1S/C19H22N4O/c1-14-10-20-22(11-14)12-15-6-5-9-23(15)19(24)17-13-21(2)18-8-4-3-7-16(17)18/h3-4,7-8,10-11,13,15H,5-6,9,12H2,1-2H3/t15-/m0/s1. The molecule has 0 spiro atoms. The maximum absolute atomic E-state index is 13.2. The second-order valence-corrected chi connectivity index (χ2v) is 6.71. The Hall–Kier alpha value is -2.56. The molecular weight excluding hydrogens is 300 g/mol. The fraction of sp³-hybridized carbons (Fsp3) is 0.368. The Bertz CT molecular complexity index is 892. The van der Waals surface area contributed by atoms with Crippen LogP contribution in [0.4, 0.5) is 0 Å². The molecule has 1 aromatic carbocycles. The molecule has 4 rings (SSSR count). The summed E-state index contributed by atoms with van der Waals surface area (Å²) < 4.78 is 3.99. The number of fused-ring (bicyclic) bond motifs is 1. The van der Waals surface area contributed by atoms with Gasteiger partial charge in [-0.15, -0.1) is 0 Å². The van der Waals surface area contributed by atoms with Gasteiger partial charge in [-0.2, -0.15) is 5.10 Å². The number of hydrogen-bond acceptors (Lipinski definition) is 2. The van der Waals surface area contributed by atoms with Crippen LogP contribution in [0.15, 0.2) is 42.9 Å². The Morgan fingerprint density at radius 1 is 1.29 bits per heavy atom. The summed E-state index contributed by atoms with van der Waals surface area (Å²) in [5.74, 6) is 0.137. The maximum Gasteiger partial charge on any atom is 0.256 e. The van der Waals surface area contributed by atoms with Crippen LogP contribution in [0, 0.1) is 6.92 Å². The molecule has 0 unspecified atom stereocenters. The number of aryl methyl sites for hydroxylation is 2. The normalized spacial score (nSPS) is 17.8. The van der Waals surface area contributed by atoms with Gasteiger partial charge in [0.05, 0.1) is 24.3 Å². The molecule has 2 aromatic heterocycles.